The summed E-state index contributed by atoms with van der Waals surface area (Å²) in [6.45, 7) is 0.482. The molecule has 1 heterocycles. The number of hydrogen-bond donors (Lipinski definition) is 1. The predicted molar refractivity (Wildman–Crippen MR) is 130 cm³/mol. The van der Waals surface area contributed by atoms with Crippen molar-refractivity contribution in [1.82, 2.24) is 4.72 Å². The van der Waals surface area contributed by atoms with Crippen LogP contribution in [0.1, 0.15) is 48.8 Å². The largest absolute Gasteiger partial charge is 0.416 e. The number of ketones is 1. The van der Waals surface area contributed by atoms with Gasteiger partial charge in [0.2, 0.25) is 15.9 Å². The summed E-state index contributed by atoms with van der Waals surface area (Å²) in [7, 11) is -3.41. The molecule has 2 aromatic carbocycles. The second kappa shape index (κ2) is 10.2. The van der Waals surface area contributed by atoms with Gasteiger partial charge >= 0.3 is 6.18 Å². The van der Waals surface area contributed by atoms with Crippen LogP contribution < -0.4 is 9.62 Å². The number of carbonyl (C=O) groups excluding carboxylic acids is 2. The number of piperidine rings is 1. The van der Waals surface area contributed by atoms with Crippen LogP contribution in [-0.2, 0) is 37.6 Å². The van der Waals surface area contributed by atoms with Crippen LogP contribution >= 0.6 is 0 Å². The summed E-state index contributed by atoms with van der Waals surface area (Å²) < 4.78 is 78.7. The Kier molecular flexibility index (Phi) is 7.49. The van der Waals surface area contributed by atoms with Crippen LogP contribution in [-0.4, -0.2) is 39.5 Å². The van der Waals surface area contributed by atoms with E-state index in [1.165, 1.54) is 23.1 Å². The van der Waals surface area contributed by atoms with Crippen molar-refractivity contribution in [2.75, 3.05) is 24.2 Å². The van der Waals surface area contributed by atoms with E-state index in [9.17, 15) is 31.2 Å². The number of carbonyl (C=O) groups is 2. The van der Waals surface area contributed by atoms with Gasteiger partial charge in [-0.2, -0.15) is 13.2 Å². The zero-order valence-corrected chi connectivity index (χ0v) is 21.1. The third-order valence-electron chi connectivity index (χ3n) is 7.07. The summed E-state index contributed by atoms with van der Waals surface area (Å²) in [6.07, 6.45) is -1.11. The van der Waals surface area contributed by atoms with Gasteiger partial charge in [0.25, 0.3) is 0 Å². The molecular weight excluding hydrogens is 512 g/mol. The van der Waals surface area contributed by atoms with Gasteiger partial charge in [-0.1, -0.05) is 18.2 Å². The van der Waals surface area contributed by atoms with E-state index in [0.29, 0.717) is 49.0 Å². The molecule has 1 atom stereocenters. The molecule has 2 aromatic rings. The number of anilines is 1. The SMILES string of the molecule is CS(=O)(=O)NCC1(c2ccc(N3CCC[C@H](CC(=O)Cc4ccc(C(F)(F)F)cc4)C3=O)cc2F)CC1. The van der Waals surface area contributed by atoms with E-state index in [1.807, 2.05) is 0 Å². The molecule has 4 rings (SSSR count). The molecule has 0 aromatic heterocycles. The van der Waals surface area contributed by atoms with Gasteiger partial charge in [-0.3, -0.25) is 9.59 Å². The topological polar surface area (TPSA) is 83.6 Å². The maximum atomic E-state index is 15.1. The zero-order valence-electron chi connectivity index (χ0n) is 20.3. The summed E-state index contributed by atoms with van der Waals surface area (Å²) in [4.78, 5) is 27.2. The molecule has 11 heteroatoms. The van der Waals surface area contributed by atoms with Gasteiger partial charge in [-0.05, 0) is 61.1 Å². The Labute approximate surface area is 213 Å². The van der Waals surface area contributed by atoms with Gasteiger partial charge in [-0.25, -0.2) is 17.5 Å². The summed E-state index contributed by atoms with van der Waals surface area (Å²) in [5.41, 5.74) is -0.169. The molecule has 1 aliphatic carbocycles. The molecule has 0 spiro atoms. The van der Waals surface area contributed by atoms with Gasteiger partial charge in [0.15, 0.2) is 0 Å². The molecule has 1 saturated heterocycles. The van der Waals surface area contributed by atoms with E-state index in [0.717, 1.165) is 18.4 Å². The monoisotopic (exact) mass is 540 g/mol. The molecule has 1 aliphatic heterocycles. The first-order chi connectivity index (χ1) is 17.3. The van der Waals surface area contributed by atoms with Gasteiger partial charge in [0, 0.05) is 43.0 Å². The van der Waals surface area contributed by atoms with E-state index >= 15 is 4.39 Å². The lowest BCUT2D eigenvalue weighted by Crippen LogP contribution is -2.42. The third kappa shape index (κ3) is 6.56. The number of alkyl halides is 3. The lowest BCUT2D eigenvalue weighted by Gasteiger charge is -2.32. The predicted octanol–water partition coefficient (Wildman–Crippen LogP) is 4.37. The number of nitrogens with one attached hydrogen (secondary N) is 1. The maximum Gasteiger partial charge on any atom is 0.416 e. The van der Waals surface area contributed by atoms with Crippen LogP contribution in [0.2, 0.25) is 0 Å². The van der Waals surface area contributed by atoms with Gasteiger partial charge in [0.1, 0.15) is 11.6 Å². The fraction of sp³-hybridized carbons (Fsp3) is 0.462. The Morgan fingerprint density at radius 3 is 2.38 bits per heavy atom. The van der Waals surface area contributed by atoms with E-state index in [1.54, 1.807) is 12.1 Å². The Morgan fingerprint density at radius 1 is 1.14 bits per heavy atom. The zero-order chi connectivity index (χ0) is 27.0. The first-order valence-corrected chi connectivity index (χ1v) is 13.9. The van der Waals surface area contributed by atoms with E-state index < -0.39 is 38.9 Å². The van der Waals surface area contributed by atoms with E-state index in [4.69, 9.17) is 0 Å². The number of Topliss-reactive ketones (excluding diaryl/α,β-unsaturated/α-hetero) is 1. The molecular formula is C26H28F4N2O4S. The minimum Gasteiger partial charge on any atom is -0.312 e. The maximum absolute atomic E-state index is 15.1. The summed E-state index contributed by atoms with van der Waals surface area (Å²) in [5, 5.41) is 0. The van der Waals surface area contributed by atoms with E-state index in [-0.39, 0.29) is 31.1 Å². The fourth-order valence-electron chi connectivity index (χ4n) is 4.85. The van der Waals surface area contributed by atoms with Crippen molar-refractivity contribution in [1.29, 1.82) is 0 Å². The molecule has 1 saturated carbocycles. The normalized spacial score (nSPS) is 19.6. The second-order valence-electron chi connectivity index (χ2n) is 9.98. The lowest BCUT2D eigenvalue weighted by atomic mass is 9.89. The molecule has 0 unspecified atom stereocenters. The highest BCUT2D eigenvalue weighted by molar-refractivity contribution is 7.88. The minimum absolute atomic E-state index is 0.0445. The number of halogens is 4. The Balaban J connectivity index is 1.40. The van der Waals surface area contributed by atoms with Crippen molar-refractivity contribution in [3.05, 3.63) is 65.0 Å². The molecule has 2 aliphatic rings. The molecule has 2 fully saturated rings. The smallest absolute Gasteiger partial charge is 0.312 e. The van der Waals surface area contributed by atoms with E-state index in [2.05, 4.69) is 4.72 Å². The first kappa shape index (κ1) is 27.3. The van der Waals surface area contributed by atoms with Crippen LogP contribution in [0.3, 0.4) is 0 Å². The van der Waals surface area contributed by atoms with Crippen molar-refractivity contribution in [2.24, 2.45) is 5.92 Å². The lowest BCUT2D eigenvalue weighted by molar-refractivity contribution is -0.137. The van der Waals surface area contributed by atoms with Gasteiger partial charge in [0.05, 0.1) is 11.8 Å². The molecule has 1 amide bonds. The molecule has 200 valence electrons. The minimum atomic E-state index is -4.45. The summed E-state index contributed by atoms with van der Waals surface area (Å²) in [6, 6.07) is 8.89. The molecule has 6 nitrogen and oxygen atoms in total. The van der Waals surface area contributed by atoms with Gasteiger partial charge < -0.3 is 4.90 Å². The van der Waals surface area contributed by atoms with Crippen molar-refractivity contribution in [2.45, 2.75) is 50.1 Å². The van der Waals surface area contributed by atoms with Crippen LogP contribution in [0.4, 0.5) is 23.2 Å². The summed E-state index contributed by atoms with van der Waals surface area (Å²) in [5.74, 6) is -1.65. The number of amides is 1. The van der Waals surface area contributed by atoms with Crippen molar-refractivity contribution in [3.8, 4) is 0 Å². The Hall–Kier alpha value is -2.79. The van der Waals surface area contributed by atoms with Crippen molar-refractivity contribution >= 4 is 27.4 Å². The van der Waals surface area contributed by atoms with Crippen LogP contribution in [0.25, 0.3) is 0 Å². The van der Waals surface area contributed by atoms with Crippen LogP contribution in [0, 0.1) is 11.7 Å². The second-order valence-corrected chi connectivity index (χ2v) is 11.8. The van der Waals surface area contributed by atoms with Crippen molar-refractivity contribution in [3.63, 3.8) is 0 Å². The Morgan fingerprint density at radius 2 is 1.81 bits per heavy atom. The highest BCUT2D eigenvalue weighted by Crippen LogP contribution is 2.49. The highest BCUT2D eigenvalue weighted by Gasteiger charge is 2.46. The first-order valence-electron chi connectivity index (χ1n) is 12.0. The van der Waals surface area contributed by atoms with Gasteiger partial charge in [-0.15, -0.1) is 0 Å². The standard InChI is InChI=1S/C26H28F4N2O4S/c1-37(35,36)31-16-25(10-11-25)22-9-8-20(15-23(22)27)32-12-2-3-18(24(32)34)14-21(33)13-17-4-6-19(7-5-17)26(28,29)30/h4-9,15,18,31H,2-3,10-14,16H2,1H3/t18-/m1/s1. The summed E-state index contributed by atoms with van der Waals surface area (Å²) >= 11 is 0. The molecule has 37 heavy (non-hydrogen) atoms. The number of hydrogen-bond acceptors (Lipinski definition) is 4. The average molecular weight is 541 g/mol. The molecule has 0 radical (unpaired) electrons. The van der Waals surface area contributed by atoms with Crippen LogP contribution in [0.15, 0.2) is 42.5 Å². The number of nitrogens with zero attached hydrogens (tertiary/aromatic N) is 1. The number of benzene rings is 2. The van der Waals surface area contributed by atoms with Crippen LogP contribution in [0.5, 0.6) is 0 Å². The molecule has 1 N–H and O–H groups in total. The Bertz CT molecular complexity index is 1290. The molecule has 0 bridgehead atoms. The third-order valence-corrected chi connectivity index (χ3v) is 7.74. The highest BCUT2D eigenvalue weighted by atomic mass is 32.2. The average Bonchev–Trinajstić information content (AvgIpc) is 3.59. The quantitative estimate of drug-likeness (QED) is 0.479. The number of sulfonamides is 1. The fourth-order valence-corrected chi connectivity index (χ4v) is 5.38. The number of rotatable bonds is 9. The van der Waals surface area contributed by atoms with Crippen molar-refractivity contribution < 1.29 is 35.6 Å².